The summed E-state index contributed by atoms with van der Waals surface area (Å²) in [6.07, 6.45) is 2.86. The Labute approximate surface area is 168 Å². The van der Waals surface area contributed by atoms with Crippen molar-refractivity contribution in [3.05, 3.63) is 29.8 Å². The summed E-state index contributed by atoms with van der Waals surface area (Å²) in [6, 6.07) is 6.51. The van der Waals surface area contributed by atoms with Crippen molar-refractivity contribution in [2.45, 2.75) is 57.6 Å². The lowest BCUT2D eigenvalue weighted by atomic mass is 9.82. The summed E-state index contributed by atoms with van der Waals surface area (Å²) < 4.78 is 10.4. The van der Waals surface area contributed by atoms with Gasteiger partial charge in [0.2, 0.25) is 0 Å². The highest BCUT2D eigenvalue weighted by atomic mass is 16.6. The first kappa shape index (κ1) is 20.6. The lowest BCUT2D eigenvalue weighted by Crippen LogP contribution is -2.51. The van der Waals surface area contributed by atoms with Gasteiger partial charge < -0.3 is 14.8 Å². The highest BCUT2D eigenvalue weighted by Gasteiger charge is 2.52. The van der Waals surface area contributed by atoms with Crippen LogP contribution < -0.4 is 15.5 Å². The largest absolute Gasteiger partial charge is 0.479 e. The molecule has 2 aliphatic rings. The monoisotopic (exact) mass is 403 g/mol. The molecule has 1 heterocycles. The molecule has 1 spiro atoms. The molecule has 1 aromatic rings. The summed E-state index contributed by atoms with van der Waals surface area (Å²) in [4.78, 5) is 48.9. The summed E-state index contributed by atoms with van der Waals surface area (Å²) in [5, 5.41) is 3.36. The van der Waals surface area contributed by atoms with E-state index in [0.29, 0.717) is 23.6 Å². The predicted molar refractivity (Wildman–Crippen MR) is 102 cm³/mol. The lowest BCUT2D eigenvalue weighted by molar-refractivity contribution is -0.156. The number of urea groups is 1. The van der Waals surface area contributed by atoms with Crippen LogP contribution in [0, 0.1) is 6.92 Å². The van der Waals surface area contributed by atoms with Gasteiger partial charge in [-0.3, -0.25) is 15.0 Å². The Bertz CT molecular complexity index is 818. The van der Waals surface area contributed by atoms with Crippen LogP contribution in [0.2, 0.25) is 0 Å². The minimum absolute atomic E-state index is 0.474. The fourth-order valence-corrected chi connectivity index (χ4v) is 3.57. The van der Waals surface area contributed by atoms with Gasteiger partial charge in [-0.2, -0.15) is 5.01 Å². The zero-order valence-corrected chi connectivity index (χ0v) is 16.5. The van der Waals surface area contributed by atoms with E-state index < -0.39 is 42.1 Å². The molecule has 29 heavy (non-hydrogen) atoms. The number of imide groups is 1. The predicted octanol–water partition coefficient (Wildman–Crippen LogP) is 1.59. The summed E-state index contributed by atoms with van der Waals surface area (Å²) in [5.74, 6) is -1.48. The van der Waals surface area contributed by atoms with Crippen LogP contribution >= 0.6 is 0 Å². The van der Waals surface area contributed by atoms with E-state index in [0.717, 1.165) is 24.8 Å². The third kappa shape index (κ3) is 4.67. The topological polar surface area (TPSA) is 114 Å². The third-order valence-electron chi connectivity index (χ3n) is 5.09. The highest BCUT2D eigenvalue weighted by Crippen LogP contribution is 2.32. The molecule has 0 unspecified atom stereocenters. The Morgan fingerprint density at radius 2 is 1.97 bits per heavy atom. The lowest BCUT2D eigenvalue weighted by Gasteiger charge is -2.30. The first-order chi connectivity index (χ1) is 13.8. The molecule has 3 rings (SSSR count). The SMILES string of the molecule is Cc1cccc(O[C@@H](C)C(=O)OCC(=O)NN2C(=O)NC3(CCCCC3)C2=O)c1. The van der Waals surface area contributed by atoms with Crippen LogP contribution in [0.5, 0.6) is 5.75 Å². The van der Waals surface area contributed by atoms with Crippen molar-refractivity contribution in [1.29, 1.82) is 0 Å². The van der Waals surface area contributed by atoms with Crippen LogP contribution in [0.3, 0.4) is 0 Å². The van der Waals surface area contributed by atoms with E-state index in [4.69, 9.17) is 9.47 Å². The molecule has 1 aliphatic carbocycles. The van der Waals surface area contributed by atoms with E-state index >= 15 is 0 Å². The Hall–Kier alpha value is -3.10. The first-order valence-electron chi connectivity index (χ1n) is 9.67. The van der Waals surface area contributed by atoms with Crippen molar-refractivity contribution in [2.24, 2.45) is 0 Å². The van der Waals surface area contributed by atoms with E-state index in [1.165, 1.54) is 6.92 Å². The number of ether oxygens (including phenoxy) is 2. The number of esters is 1. The molecule has 156 valence electrons. The number of hydrogen-bond acceptors (Lipinski definition) is 6. The van der Waals surface area contributed by atoms with E-state index in [1.807, 2.05) is 13.0 Å². The second-order valence-corrected chi connectivity index (χ2v) is 7.43. The molecule has 1 saturated heterocycles. The fourth-order valence-electron chi connectivity index (χ4n) is 3.57. The van der Waals surface area contributed by atoms with E-state index in [1.54, 1.807) is 18.2 Å². The molecule has 1 atom stereocenters. The van der Waals surface area contributed by atoms with Crippen molar-refractivity contribution >= 4 is 23.8 Å². The second-order valence-electron chi connectivity index (χ2n) is 7.43. The maximum atomic E-state index is 12.6. The molecule has 9 nitrogen and oxygen atoms in total. The van der Waals surface area contributed by atoms with E-state index in [9.17, 15) is 19.2 Å². The molecule has 0 radical (unpaired) electrons. The van der Waals surface area contributed by atoms with Crippen molar-refractivity contribution in [1.82, 2.24) is 15.8 Å². The average molecular weight is 403 g/mol. The number of benzene rings is 1. The molecular weight excluding hydrogens is 378 g/mol. The second kappa shape index (κ2) is 8.50. The van der Waals surface area contributed by atoms with Gasteiger partial charge in [0.05, 0.1) is 0 Å². The molecule has 1 aliphatic heterocycles. The number of nitrogens with zero attached hydrogens (tertiary/aromatic N) is 1. The Balaban J connectivity index is 1.48. The van der Waals surface area contributed by atoms with Crippen molar-refractivity contribution < 1.29 is 28.7 Å². The molecule has 9 heteroatoms. The first-order valence-corrected chi connectivity index (χ1v) is 9.67. The number of nitrogens with one attached hydrogen (secondary N) is 2. The summed E-state index contributed by atoms with van der Waals surface area (Å²) in [5.41, 5.74) is 2.26. The maximum absolute atomic E-state index is 12.6. The van der Waals surface area contributed by atoms with Crippen LogP contribution in [-0.2, 0) is 19.1 Å². The van der Waals surface area contributed by atoms with Crippen LogP contribution in [-0.4, -0.2) is 47.1 Å². The number of amides is 4. The van der Waals surface area contributed by atoms with Crippen LogP contribution in [0.4, 0.5) is 4.79 Å². The standard InChI is InChI=1S/C20H25N3O6/c1-13-7-6-8-15(11-13)29-14(2)17(25)28-12-16(24)22-23-18(26)20(21-19(23)27)9-4-3-5-10-20/h6-8,11,14H,3-5,9-10,12H2,1-2H3,(H,21,27)(H,22,24)/t14-/m0/s1. The van der Waals surface area contributed by atoms with Crippen LogP contribution in [0.1, 0.15) is 44.6 Å². The molecule has 2 fully saturated rings. The molecule has 2 N–H and O–H groups in total. The van der Waals surface area contributed by atoms with Crippen molar-refractivity contribution in [2.75, 3.05) is 6.61 Å². The normalized spacial score (nSPS) is 18.9. The van der Waals surface area contributed by atoms with Crippen molar-refractivity contribution in [3.63, 3.8) is 0 Å². The number of hydrogen-bond donors (Lipinski definition) is 2. The number of carbonyl (C=O) groups excluding carboxylic acids is 4. The van der Waals surface area contributed by atoms with E-state index in [-0.39, 0.29) is 0 Å². The molecule has 0 bridgehead atoms. The van der Waals surface area contributed by atoms with E-state index in [2.05, 4.69) is 10.7 Å². The summed E-state index contributed by atoms with van der Waals surface area (Å²) in [6.45, 7) is 2.77. The van der Waals surface area contributed by atoms with Crippen LogP contribution in [0.15, 0.2) is 24.3 Å². The molecule has 0 aromatic heterocycles. The minimum Gasteiger partial charge on any atom is -0.479 e. The number of carbonyl (C=O) groups is 4. The zero-order chi connectivity index (χ0) is 21.0. The number of rotatable bonds is 6. The minimum atomic E-state index is -0.935. The number of hydrazine groups is 1. The van der Waals surface area contributed by atoms with Gasteiger partial charge >= 0.3 is 12.0 Å². The Kier molecular flexibility index (Phi) is 6.05. The molecular formula is C20H25N3O6. The molecule has 4 amide bonds. The van der Waals surface area contributed by atoms with Gasteiger partial charge in [-0.25, -0.2) is 9.59 Å². The summed E-state index contributed by atoms with van der Waals surface area (Å²) in [7, 11) is 0. The van der Waals surface area contributed by atoms with Gasteiger partial charge in [0, 0.05) is 0 Å². The molecule has 1 saturated carbocycles. The van der Waals surface area contributed by atoms with Gasteiger partial charge in [-0.05, 0) is 44.4 Å². The summed E-state index contributed by atoms with van der Waals surface area (Å²) >= 11 is 0. The maximum Gasteiger partial charge on any atom is 0.347 e. The quantitative estimate of drug-likeness (QED) is 0.551. The van der Waals surface area contributed by atoms with Gasteiger partial charge in [0.1, 0.15) is 11.3 Å². The highest BCUT2D eigenvalue weighted by molar-refractivity contribution is 6.08. The van der Waals surface area contributed by atoms with Crippen molar-refractivity contribution in [3.8, 4) is 5.75 Å². The van der Waals surface area contributed by atoms with Gasteiger partial charge in [-0.1, -0.05) is 31.4 Å². The third-order valence-corrected chi connectivity index (χ3v) is 5.09. The number of aryl methyl sites for hydroxylation is 1. The Morgan fingerprint density at radius 1 is 1.24 bits per heavy atom. The molecule has 1 aromatic carbocycles. The van der Waals surface area contributed by atoms with Crippen LogP contribution in [0.25, 0.3) is 0 Å². The zero-order valence-electron chi connectivity index (χ0n) is 16.5. The fraction of sp³-hybridized carbons (Fsp3) is 0.500. The van der Waals surface area contributed by atoms with Gasteiger partial charge in [0.15, 0.2) is 12.7 Å². The average Bonchev–Trinajstić information content (AvgIpc) is 2.90. The Morgan fingerprint density at radius 3 is 2.66 bits per heavy atom. The van der Waals surface area contributed by atoms with Gasteiger partial charge in [0.25, 0.3) is 11.8 Å². The van der Waals surface area contributed by atoms with Gasteiger partial charge in [-0.15, -0.1) is 0 Å². The smallest absolute Gasteiger partial charge is 0.347 e.